The molecule has 2 fully saturated rings. The monoisotopic (exact) mass is 759 g/mol. The standard InChI is InChI=1S/C43H49N7O6/c1-26(2)33(23-37(51)55-5)41(52)49-21-11-19-35(49)39-44-24-29(46-39)15-8-7-13-28-14-9-17-31-30(28)16-10-18-32(31)34-25-45-40(47-34)36-20-12-22-50(36)42(53)38(27(3)4)48-43(54)56-6/h9-10,14,16-18,24-27,33,35-36,38H,11-12,19-23H2,1-6H3,(H,44,46)(H,45,47)(H,48,54)/t33-,35-,36-,38-/m0/s1. The van der Waals surface area contributed by atoms with E-state index in [2.05, 4.69) is 44.0 Å². The maximum atomic E-state index is 13.6. The summed E-state index contributed by atoms with van der Waals surface area (Å²) in [5.41, 5.74) is 3.19. The fraction of sp³-hybridized carbons (Fsp3) is 0.442. The van der Waals surface area contributed by atoms with Gasteiger partial charge < -0.3 is 34.6 Å². The minimum absolute atomic E-state index is 0.0133. The Morgan fingerprint density at radius 2 is 1.45 bits per heavy atom. The van der Waals surface area contributed by atoms with Crippen LogP contribution in [0.15, 0.2) is 48.8 Å². The third-order valence-corrected chi connectivity index (χ3v) is 10.7. The van der Waals surface area contributed by atoms with Crippen molar-refractivity contribution in [2.45, 2.75) is 77.9 Å². The van der Waals surface area contributed by atoms with Crippen molar-refractivity contribution in [2.24, 2.45) is 17.8 Å². The topological polar surface area (TPSA) is 163 Å². The van der Waals surface area contributed by atoms with E-state index in [1.165, 1.54) is 14.2 Å². The van der Waals surface area contributed by atoms with Gasteiger partial charge in [0, 0.05) is 24.2 Å². The van der Waals surface area contributed by atoms with Crippen molar-refractivity contribution in [2.75, 3.05) is 27.3 Å². The van der Waals surface area contributed by atoms with E-state index in [9.17, 15) is 19.2 Å². The zero-order chi connectivity index (χ0) is 39.9. The number of esters is 1. The largest absolute Gasteiger partial charge is 0.469 e. The maximum Gasteiger partial charge on any atom is 0.407 e. The molecule has 13 heteroatoms. The predicted octanol–water partition coefficient (Wildman–Crippen LogP) is 5.90. The summed E-state index contributed by atoms with van der Waals surface area (Å²) >= 11 is 0. The number of imidazole rings is 2. The molecule has 0 saturated carbocycles. The number of likely N-dealkylation sites (tertiary alicyclic amines) is 2. The molecule has 6 rings (SSSR count). The molecule has 4 atom stereocenters. The third kappa shape index (κ3) is 8.57. The number of methoxy groups -OCH3 is 2. The van der Waals surface area contributed by atoms with Crippen molar-refractivity contribution < 1.29 is 28.7 Å². The Morgan fingerprint density at radius 3 is 2.12 bits per heavy atom. The van der Waals surface area contributed by atoms with Crippen LogP contribution in [0.4, 0.5) is 4.79 Å². The number of ether oxygens (including phenoxy) is 2. The van der Waals surface area contributed by atoms with Crippen LogP contribution >= 0.6 is 0 Å². The lowest BCUT2D eigenvalue weighted by molar-refractivity contribution is -0.148. The van der Waals surface area contributed by atoms with Crippen LogP contribution in [-0.2, 0) is 23.9 Å². The number of alkyl carbamates (subject to hydrolysis) is 1. The van der Waals surface area contributed by atoms with Crippen molar-refractivity contribution in [1.29, 1.82) is 0 Å². The average Bonchev–Trinajstić information content (AvgIpc) is 4.03. The molecule has 0 radical (unpaired) electrons. The molecule has 292 valence electrons. The van der Waals surface area contributed by atoms with Crippen molar-refractivity contribution >= 4 is 34.6 Å². The van der Waals surface area contributed by atoms with Gasteiger partial charge in [0.05, 0.1) is 56.7 Å². The van der Waals surface area contributed by atoms with Crippen LogP contribution in [-0.4, -0.2) is 87.0 Å². The number of nitrogens with zero attached hydrogens (tertiary/aromatic N) is 4. The summed E-state index contributed by atoms with van der Waals surface area (Å²) in [5, 5.41) is 4.65. The molecule has 0 spiro atoms. The Bertz CT molecular complexity index is 2220. The van der Waals surface area contributed by atoms with Crippen LogP contribution in [0.2, 0.25) is 0 Å². The summed E-state index contributed by atoms with van der Waals surface area (Å²) in [6, 6.07) is 10.8. The number of hydrogen-bond donors (Lipinski definition) is 3. The van der Waals surface area contributed by atoms with Crippen LogP contribution in [0, 0.1) is 41.4 Å². The van der Waals surface area contributed by atoms with Crippen LogP contribution < -0.4 is 5.32 Å². The Balaban J connectivity index is 1.17. The number of H-pyrrole nitrogens is 2. The molecule has 0 aliphatic carbocycles. The van der Waals surface area contributed by atoms with E-state index in [4.69, 9.17) is 14.5 Å². The van der Waals surface area contributed by atoms with E-state index in [1.54, 1.807) is 17.3 Å². The van der Waals surface area contributed by atoms with Gasteiger partial charge in [0.2, 0.25) is 11.8 Å². The summed E-state index contributed by atoms with van der Waals surface area (Å²) in [5.74, 6) is 12.4. The van der Waals surface area contributed by atoms with Gasteiger partial charge in [-0.2, -0.15) is 0 Å². The van der Waals surface area contributed by atoms with Crippen molar-refractivity contribution in [1.82, 2.24) is 35.1 Å². The van der Waals surface area contributed by atoms with Crippen LogP contribution in [0.1, 0.15) is 94.8 Å². The van der Waals surface area contributed by atoms with Crippen molar-refractivity contribution in [3.05, 3.63) is 71.7 Å². The number of benzene rings is 2. The Morgan fingerprint density at radius 1 is 0.804 bits per heavy atom. The first-order valence-electron chi connectivity index (χ1n) is 19.2. The molecule has 2 aromatic carbocycles. The maximum absolute atomic E-state index is 13.6. The molecular weight excluding hydrogens is 711 g/mol. The summed E-state index contributed by atoms with van der Waals surface area (Å²) in [6.45, 7) is 8.85. The van der Waals surface area contributed by atoms with Gasteiger partial charge in [-0.25, -0.2) is 14.8 Å². The first kappa shape index (κ1) is 39.6. The average molecular weight is 760 g/mol. The van der Waals surface area contributed by atoms with Gasteiger partial charge in [0.15, 0.2) is 0 Å². The number of carbonyl (C=O) groups excluding carboxylic acids is 4. The van der Waals surface area contributed by atoms with E-state index in [0.717, 1.165) is 53.3 Å². The predicted molar refractivity (Wildman–Crippen MR) is 210 cm³/mol. The lowest BCUT2D eigenvalue weighted by Crippen LogP contribution is -2.51. The number of aromatic nitrogens is 4. The molecule has 4 heterocycles. The van der Waals surface area contributed by atoms with Gasteiger partial charge in [-0.1, -0.05) is 63.9 Å². The second kappa shape index (κ2) is 17.6. The van der Waals surface area contributed by atoms with Gasteiger partial charge in [0.25, 0.3) is 0 Å². The lowest BCUT2D eigenvalue weighted by Gasteiger charge is -2.30. The molecule has 13 nitrogen and oxygen atoms in total. The molecule has 56 heavy (non-hydrogen) atoms. The number of hydrogen-bond acceptors (Lipinski definition) is 8. The first-order valence-corrected chi connectivity index (χ1v) is 19.2. The van der Waals surface area contributed by atoms with E-state index >= 15 is 0 Å². The number of nitrogens with one attached hydrogen (secondary N) is 3. The number of rotatable bonds is 10. The highest BCUT2D eigenvalue weighted by Gasteiger charge is 2.39. The molecule has 2 aromatic heterocycles. The second-order valence-electron chi connectivity index (χ2n) is 14.9. The van der Waals surface area contributed by atoms with Crippen LogP contribution in [0.25, 0.3) is 22.0 Å². The van der Waals surface area contributed by atoms with Gasteiger partial charge >= 0.3 is 12.1 Å². The molecule has 2 aliphatic rings. The minimum atomic E-state index is -0.708. The van der Waals surface area contributed by atoms with Gasteiger partial charge in [-0.05, 0) is 72.1 Å². The molecule has 2 aliphatic heterocycles. The van der Waals surface area contributed by atoms with Crippen LogP contribution in [0.3, 0.4) is 0 Å². The van der Waals surface area contributed by atoms with Gasteiger partial charge in [-0.3, -0.25) is 14.4 Å². The summed E-state index contributed by atoms with van der Waals surface area (Å²) in [7, 11) is 2.62. The number of fused-ring (bicyclic) bond motifs is 1. The highest BCUT2D eigenvalue weighted by molar-refractivity contribution is 5.99. The zero-order valence-corrected chi connectivity index (χ0v) is 32.8. The van der Waals surface area contributed by atoms with E-state index < -0.39 is 24.0 Å². The molecule has 0 bridgehead atoms. The quantitative estimate of drug-likeness (QED) is 0.133. The number of aromatic amines is 2. The molecule has 0 unspecified atom stereocenters. The lowest BCUT2D eigenvalue weighted by atomic mass is 9.91. The second-order valence-corrected chi connectivity index (χ2v) is 14.9. The SMILES string of the molecule is COC(=O)C[C@H](C(=O)N1CCC[C@H]1c1ncc(C#CC#Cc2cccc3c(-c4cnc([C@@H]5CCCN5C(=O)[C@@H](NC(=O)OC)C(C)C)[nH]4)cccc23)[nH]1)C(C)C. The highest BCUT2D eigenvalue weighted by atomic mass is 16.5. The highest BCUT2D eigenvalue weighted by Crippen LogP contribution is 2.36. The molecule has 4 aromatic rings. The fourth-order valence-electron chi connectivity index (χ4n) is 7.66. The van der Waals surface area contributed by atoms with E-state index in [-0.39, 0.29) is 42.2 Å². The normalized spacial score (nSPS) is 17.6. The minimum Gasteiger partial charge on any atom is -0.469 e. The van der Waals surface area contributed by atoms with E-state index in [1.807, 2.05) is 69.0 Å². The van der Waals surface area contributed by atoms with E-state index in [0.29, 0.717) is 30.4 Å². The molecule has 3 N–H and O–H groups in total. The summed E-state index contributed by atoms with van der Waals surface area (Å²) < 4.78 is 9.61. The van der Waals surface area contributed by atoms with Crippen molar-refractivity contribution in [3.63, 3.8) is 0 Å². The molecular formula is C43H49N7O6. The first-order chi connectivity index (χ1) is 27.0. The van der Waals surface area contributed by atoms with Gasteiger partial charge in [-0.15, -0.1) is 0 Å². The molecule has 2 saturated heterocycles. The third-order valence-electron chi connectivity index (χ3n) is 10.7. The smallest absolute Gasteiger partial charge is 0.407 e. The van der Waals surface area contributed by atoms with Crippen molar-refractivity contribution in [3.8, 4) is 34.9 Å². The fourth-order valence-corrected chi connectivity index (χ4v) is 7.66. The Kier molecular flexibility index (Phi) is 12.4. The zero-order valence-electron chi connectivity index (χ0n) is 32.8. The Labute approximate surface area is 327 Å². The number of amides is 3. The van der Waals surface area contributed by atoms with Crippen LogP contribution in [0.5, 0.6) is 0 Å². The summed E-state index contributed by atoms with van der Waals surface area (Å²) in [4.78, 5) is 70.8. The summed E-state index contributed by atoms with van der Waals surface area (Å²) in [6.07, 6.45) is 6.07. The molecule has 3 amide bonds. The number of carbonyl (C=O) groups is 4. The van der Waals surface area contributed by atoms with Gasteiger partial charge in [0.1, 0.15) is 23.4 Å². The Hall–Kier alpha value is -6.08.